The van der Waals surface area contributed by atoms with Gasteiger partial charge in [0.25, 0.3) is 0 Å². The van der Waals surface area contributed by atoms with Gasteiger partial charge in [0.05, 0.1) is 6.54 Å². The molecule has 4 heteroatoms. The lowest BCUT2D eigenvalue weighted by Crippen LogP contribution is -2.51. The van der Waals surface area contributed by atoms with Crippen LogP contribution in [0.1, 0.15) is 26.2 Å². The minimum atomic E-state index is 0.642. The first-order chi connectivity index (χ1) is 7.42. The summed E-state index contributed by atoms with van der Waals surface area (Å²) >= 11 is 0. The molecule has 2 aliphatic heterocycles. The van der Waals surface area contributed by atoms with Crippen molar-refractivity contribution in [3.8, 4) is 0 Å². The van der Waals surface area contributed by atoms with Crippen molar-refractivity contribution >= 4 is 5.96 Å². The molecule has 0 spiro atoms. The summed E-state index contributed by atoms with van der Waals surface area (Å²) in [5, 5.41) is 6.86. The van der Waals surface area contributed by atoms with E-state index >= 15 is 0 Å². The van der Waals surface area contributed by atoms with Gasteiger partial charge in [-0.05, 0) is 25.8 Å². The molecule has 0 aromatic heterocycles. The van der Waals surface area contributed by atoms with E-state index in [9.17, 15) is 0 Å². The molecule has 0 amide bonds. The number of hydrogen-bond donors (Lipinski definition) is 2. The van der Waals surface area contributed by atoms with Crippen LogP contribution in [0.3, 0.4) is 0 Å². The maximum absolute atomic E-state index is 4.53. The quantitative estimate of drug-likeness (QED) is 0.709. The van der Waals surface area contributed by atoms with Crippen molar-refractivity contribution in [3.05, 3.63) is 0 Å². The number of guanidine groups is 1. The Morgan fingerprint density at radius 2 is 2.40 bits per heavy atom. The van der Waals surface area contributed by atoms with Gasteiger partial charge in [-0.1, -0.05) is 6.92 Å². The molecule has 2 heterocycles. The van der Waals surface area contributed by atoms with E-state index in [4.69, 9.17) is 0 Å². The second-order valence-corrected chi connectivity index (χ2v) is 4.33. The Hall–Kier alpha value is -0.770. The van der Waals surface area contributed by atoms with Crippen molar-refractivity contribution in [2.24, 2.45) is 4.99 Å². The average molecular weight is 210 g/mol. The van der Waals surface area contributed by atoms with Crippen LogP contribution in [0.25, 0.3) is 0 Å². The van der Waals surface area contributed by atoms with Crippen LogP contribution < -0.4 is 10.6 Å². The van der Waals surface area contributed by atoms with Crippen molar-refractivity contribution in [2.45, 2.75) is 32.2 Å². The van der Waals surface area contributed by atoms with Gasteiger partial charge < -0.3 is 15.5 Å². The van der Waals surface area contributed by atoms with E-state index in [0.29, 0.717) is 6.04 Å². The topological polar surface area (TPSA) is 39.7 Å². The predicted octanol–water partition coefficient (Wildman–Crippen LogP) is 0.410. The van der Waals surface area contributed by atoms with Crippen LogP contribution in [-0.4, -0.2) is 49.6 Å². The highest BCUT2D eigenvalue weighted by molar-refractivity contribution is 5.81. The first-order valence-electron chi connectivity index (χ1n) is 6.17. The van der Waals surface area contributed by atoms with Gasteiger partial charge in [0.2, 0.25) is 0 Å². The van der Waals surface area contributed by atoms with Crippen molar-refractivity contribution in [2.75, 3.05) is 32.7 Å². The molecular formula is C11H22N4. The maximum atomic E-state index is 4.53. The standard InChI is InChI=1S/C11H22N4/c1-2-8-15(11-13-6-7-14-11)10-4-3-5-12-9-10/h10,12H,2-9H2,1H3,(H,13,14). The number of hydrogen-bond acceptors (Lipinski definition) is 4. The van der Waals surface area contributed by atoms with Crippen molar-refractivity contribution in [1.29, 1.82) is 0 Å². The van der Waals surface area contributed by atoms with Gasteiger partial charge in [-0.15, -0.1) is 0 Å². The van der Waals surface area contributed by atoms with Crippen LogP contribution in [0.15, 0.2) is 4.99 Å². The van der Waals surface area contributed by atoms with Crippen molar-refractivity contribution in [3.63, 3.8) is 0 Å². The maximum Gasteiger partial charge on any atom is 0.194 e. The van der Waals surface area contributed by atoms with E-state index in [0.717, 1.165) is 32.1 Å². The van der Waals surface area contributed by atoms with Crippen LogP contribution in [0.5, 0.6) is 0 Å². The molecule has 0 radical (unpaired) electrons. The SMILES string of the molecule is CCCN(C1=NCCN1)C1CCCNC1. The summed E-state index contributed by atoms with van der Waals surface area (Å²) in [4.78, 5) is 6.99. The molecule has 1 unspecified atom stereocenters. The lowest BCUT2D eigenvalue weighted by Gasteiger charge is -2.35. The Morgan fingerprint density at radius 3 is 3.00 bits per heavy atom. The smallest absolute Gasteiger partial charge is 0.194 e. The normalized spacial score (nSPS) is 25.9. The highest BCUT2D eigenvalue weighted by Gasteiger charge is 2.24. The number of piperidine rings is 1. The minimum absolute atomic E-state index is 0.642. The molecule has 1 saturated heterocycles. The molecule has 0 saturated carbocycles. The first-order valence-corrected chi connectivity index (χ1v) is 6.17. The van der Waals surface area contributed by atoms with Crippen LogP contribution in [0.2, 0.25) is 0 Å². The van der Waals surface area contributed by atoms with Gasteiger partial charge in [0, 0.05) is 25.7 Å². The zero-order valence-electron chi connectivity index (χ0n) is 9.63. The minimum Gasteiger partial charge on any atom is -0.354 e. The van der Waals surface area contributed by atoms with Gasteiger partial charge >= 0.3 is 0 Å². The van der Waals surface area contributed by atoms with E-state index in [1.165, 1.54) is 25.8 Å². The molecule has 1 atom stereocenters. The molecule has 2 rings (SSSR count). The lowest BCUT2D eigenvalue weighted by atomic mass is 10.1. The van der Waals surface area contributed by atoms with E-state index < -0.39 is 0 Å². The summed E-state index contributed by atoms with van der Waals surface area (Å²) in [5.74, 6) is 1.13. The molecule has 2 N–H and O–H groups in total. The van der Waals surface area contributed by atoms with Crippen LogP contribution in [0, 0.1) is 0 Å². The first kappa shape index (κ1) is 10.7. The van der Waals surface area contributed by atoms with Crippen LogP contribution in [0.4, 0.5) is 0 Å². The van der Waals surface area contributed by atoms with Crippen LogP contribution in [-0.2, 0) is 0 Å². The summed E-state index contributed by atoms with van der Waals surface area (Å²) in [6, 6.07) is 0.642. The number of nitrogens with zero attached hydrogens (tertiary/aromatic N) is 2. The Labute approximate surface area is 92.1 Å². The monoisotopic (exact) mass is 210 g/mol. The number of nitrogens with one attached hydrogen (secondary N) is 2. The largest absolute Gasteiger partial charge is 0.354 e. The Bertz CT molecular complexity index is 221. The molecule has 0 bridgehead atoms. The third-order valence-corrected chi connectivity index (χ3v) is 3.10. The van der Waals surface area contributed by atoms with Gasteiger partial charge in [-0.3, -0.25) is 4.99 Å². The van der Waals surface area contributed by atoms with Gasteiger partial charge in [0.15, 0.2) is 5.96 Å². The van der Waals surface area contributed by atoms with Crippen molar-refractivity contribution in [1.82, 2.24) is 15.5 Å². The zero-order valence-corrected chi connectivity index (χ0v) is 9.63. The van der Waals surface area contributed by atoms with Crippen molar-refractivity contribution < 1.29 is 0 Å². The summed E-state index contributed by atoms with van der Waals surface area (Å²) in [7, 11) is 0. The Morgan fingerprint density at radius 1 is 1.47 bits per heavy atom. The van der Waals surface area contributed by atoms with Gasteiger partial charge in [-0.25, -0.2) is 0 Å². The summed E-state index contributed by atoms with van der Waals surface area (Å²) < 4.78 is 0. The van der Waals surface area contributed by atoms with E-state index in [-0.39, 0.29) is 0 Å². The van der Waals surface area contributed by atoms with Gasteiger partial charge in [-0.2, -0.15) is 0 Å². The summed E-state index contributed by atoms with van der Waals surface area (Å²) in [6.45, 7) is 7.60. The molecule has 0 aliphatic carbocycles. The zero-order chi connectivity index (χ0) is 10.5. The van der Waals surface area contributed by atoms with E-state index in [2.05, 4.69) is 27.4 Å². The molecule has 1 fully saturated rings. The Kier molecular flexibility index (Phi) is 3.83. The summed E-state index contributed by atoms with van der Waals surface area (Å²) in [5.41, 5.74) is 0. The summed E-state index contributed by atoms with van der Waals surface area (Å²) in [6.07, 6.45) is 3.78. The van der Waals surface area contributed by atoms with Gasteiger partial charge in [0.1, 0.15) is 0 Å². The molecule has 4 nitrogen and oxygen atoms in total. The van der Waals surface area contributed by atoms with Crippen LogP contribution >= 0.6 is 0 Å². The predicted molar refractivity (Wildman–Crippen MR) is 63.2 cm³/mol. The van der Waals surface area contributed by atoms with E-state index in [1.54, 1.807) is 0 Å². The fourth-order valence-corrected chi connectivity index (χ4v) is 2.38. The third kappa shape index (κ3) is 2.62. The molecule has 0 aromatic rings. The molecular weight excluding hydrogens is 188 g/mol. The molecule has 86 valence electrons. The highest BCUT2D eigenvalue weighted by Crippen LogP contribution is 2.12. The Balaban J connectivity index is 1.97. The fourth-order valence-electron chi connectivity index (χ4n) is 2.38. The molecule has 0 aromatic carbocycles. The highest BCUT2D eigenvalue weighted by atomic mass is 15.3. The molecule has 15 heavy (non-hydrogen) atoms. The number of rotatable bonds is 3. The lowest BCUT2D eigenvalue weighted by molar-refractivity contribution is 0.252. The number of aliphatic imine (C=N–C) groups is 1. The third-order valence-electron chi connectivity index (χ3n) is 3.10. The average Bonchev–Trinajstić information content (AvgIpc) is 2.80. The fraction of sp³-hybridized carbons (Fsp3) is 0.909. The van der Waals surface area contributed by atoms with E-state index in [1.807, 2.05) is 0 Å². The second kappa shape index (κ2) is 5.35. The second-order valence-electron chi connectivity index (χ2n) is 4.33. The molecule has 2 aliphatic rings.